The van der Waals surface area contributed by atoms with Crippen LogP contribution in [0.4, 0.5) is 0 Å². The Labute approximate surface area is 349 Å². The molecule has 0 nitrogen and oxygen atoms in total. The average molecular weight is 837 g/mol. The van der Waals surface area contributed by atoms with Gasteiger partial charge in [0.2, 0.25) is 0 Å². The van der Waals surface area contributed by atoms with Gasteiger partial charge in [-0.3, -0.25) is 0 Å². The summed E-state index contributed by atoms with van der Waals surface area (Å²) in [6.45, 7) is 14.0. The Hall–Kier alpha value is -3.87. The quantitative estimate of drug-likeness (QED) is 0.147. The number of fused-ring (bicyclic) bond motifs is 3. The fourth-order valence-electron chi connectivity index (χ4n) is 8.49. The summed E-state index contributed by atoms with van der Waals surface area (Å²) in [7, 11) is 0. The zero-order valence-electron chi connectivity index (χ0n) is 32.8. The molecule has 0 aromatic heterocycles. The molecule has 0 fully saturated rings. The molecule has 55 heavy (non-hydrogen) atoms. The van der Waals surface area contributed by atoms with Crippen LogP contribution in [0.2, 0.25) is 0 Å². The first kappa shape index (κ1) is 40.8. The Morgan fingerprint density at radius 1 is 0.564 bits per heavy atom. The van der Waals surface area contributed by atoms with Gasteiger partial charge >= 0.3 is 327 Å². The summed E-state index contributed by atoms with van der Waals surface area (Å²) in [5.41, 5.74) is 18.0. The molecule has 0 heterocycles. The predicted octanol–water partition coefficient (Wildman–Crippen LogP) is 7.89. The van der Waals surface area contributed by atoms with Crippen molar-refractivity contribution in [1.82, 2.24) is 0 Å². The van der Waals surface area contributed by atoms with E-state index in [0.717, 1.165) is 0 Å². The van der Waals surface area contributed by atoms with E-state index in [-0.39, 0.29) is 30.2 Å². The molecule has 0 N–H and O–H groups in total. The summed E-state index contributed by atoms with van der Waals surface area (Å²) in [5.74, 6) is 0.455. The monoisotopic (exact) mass is 834 g/mol. The smallest absolute Gasteiger partial charge is 1.00 e. The number of allylic oxidation sites excluding steroid dienone is 4. The molecule has 2 aliphatic carbocycles. The van der Waals surface area contributed by atoms with Gasteiger partial charge in [0.05, 0.1) is 0 Å². The first-order valence-electron chi connectivity index (χ1n) is 19.4. The molecule has 0 amide bonds. The maximum atomic E-state index is 2.71. The van der Waals surface area contributed by atoms with E-state index in [1.54, 1.807) is 6.49 Å². The van der Waals surface area contributed by atoms with Gasteiger partial charge < -0.3 is 24.8 Å². The van der Waals surface area contributed by atoms with Gasteiger partial charge in [0.25, 0.3) is 0 Å². The molecule has 6 aromatic rings. The SMILES string of the molecule is CCCC1C=C(C(C)(C)C)C=[C]1[Zr+2](=[C](c1ccc(C)cc1)c1ccc(C)cc1)[CH]1c2cc(-c3ccccc3)ccc2-c2ccc(-c3ccccc3)cc21.[Cl-].[Cl-]. The van der Waals surface area contributed by atoms with Crippen molar-refractivity contribution in [3.05, 3.63) is 200 Å². The number of benzene rings is 6. The van der Waals surface area contributed by atoms with Gasteiger partial charge in [-0.2, -0.15) is 0 Å². The summed E-state index contributed by atoms with van der Waals surface area (Å²) in [4.78, 5) is 0. The van der Waals surface area contributed by atoms with Crippen LogP contribution in [0.25, 0.3) is 33.4 Å². The van der Waals surface area contributed by atoms with Crippen LogP contribution in [0.1, 0.15) is 77.5 Å². The molecule has 3 heteroatoms. The van der Waals surface area contributed by atoms with Crippen molar-refractivity contribution in [3.8, 4) is 33.4 Å². The Morgan fingerprint density at radius 3 is 1.44 bits per heavy atom. The molecule has 0 radical (unpaired) electrons. The van der Waals surface area contributed by atoms with Gasteiger partial charge in [-0.25, -0.2) is 0 Å². The number of rotatable bonds is 8. The Balaban J connectivity index is 0.00000257. The van der Waals surface area contributed by atoms with Gasteiger partial charge in [-0.1, -0.05) is 0 Å². The van der Waals surface area contributed by atoms with Crippen molar-refractivity contribution < 1.29 is 46.1 Å². The van der Waals surface area contributed by atoms with Crippen LogP contribution in [0.15, 0.2) is 167 Å². The normalized spacial score (nSPS) is 14.4. The third-order valence-corrected chi connectivity index (χ3v) is 19.8. The topological polar surface area (TPSA) is 0 Å². The number of halogens is 2. The Kier molecular flexibility index (Phi) is 12.7. The summed E-state index contributed by atoms with van der Waals surface area (Å²) < 4.78 is 3.67. The maximum absolute atomic E-state index is 3.04. The Bertz CT molecular complexity index is 2240. The molecule has 0 bridgehead atoms. The van der Waals surface area contributed by atoms with E-state index < -0.39 is 21.3 Å². The van der Waals surface area contributed by atoms with Gasteiger partial charge in [-0.15, -0.1) is 0 Å². The minimum absolute atomic E-state index is 0. The van der Waals surface area contributed by atoms with E-state index in [9.17, 15) is 0 Å². The van der Waals surface area contributed by atoms with Crippen LogP contribution in [-0.2, 0) is 21.3 Å². The van der Waals surface area contributed by atoms with Gasteiger partial charge in [-0.05, 0) is 0 Å². The largest absolute Gasteiger partial charge is 1.00 e. The van der Waals surface area contributed by atoms with Crippen molar-refractivity contribution in [2.75, 3.05) is 0 Å². The molecule has 2 aliphatic rings. The third-order valence-electron chi connectivity index (χ3n) is 11.3. The standard InChI is InChI=1S/C25H17.C15H14.C12H19.2ClH.Zr/c1-3-7-18(8-4-1)20-11-13-24-22(15-20)17-23-16-21(12-14-25(23)24)19-9-5-2-6-10-19;1-12-3-7-14(8-4-12)11-15-9-5-13(2)6-10-15;1-5-6-10-7-8-11(9-10)12(2,3)4;;;/h1-17H;3-10H,1-2H3;8-10H,5-6H2,1-4H3;2*1H;/q;;;;;+2/p-2. The molecule has 0 saturated carbocycles. The van der Waals surface area contributed by atoms with Crippen molar-refractivity contribution in [3.63, 3.8) is 0 Å². The second kappa shape index (κ2) is 17.1. The van der Waals surface area contributed by atoms with Crippen LogP contribution < -0.4 is 24.8 Å². The fourth-order valence-corrected chi connectivity index (χ4v) is 18.1. The van der Waals surface area contributed by atoms with E-state index in [1.807, 2.05) is 0 Å². The fraction of sp³-hybridized carbons (Fsp3) is 0.212. The molecule has 0 spiro atoms. The van der Waals surface area contributed by atoms with Crippen LogP contribution in [0, 0.1) is 25.2 Å². The van der Waals surface area contributed by atoms with E-state index in [0.29, 0.717) is 9.54 Å². The van der Waals surface area contributed by atoms with Crippen molar-refractivity contribution in [2.24, 2.45) is 11.3 Å². The molecule has 276 valence electrons. The van der Waals surface area contributed by atoms with Crippen molar-refractivity contribution in [1.29, 1.82) is 0 Å². The van der Waals surface area contributed by atoms with Crippen LogP contribution >= 0.6 is 0 Å². The summed E-state index contributed by atoms with van der Waals surface area (Å²) in [6.07, 6.45) is 7.73. The summed E-state index contributed by atoms with van der Waals surface area (Å²) >= 11 is -3.04. The molecule has 0 saturated heterocycles. The number of aryl methyl sites for hydroxylation is 2. The summed E-state index contributed by atoms with van der Waals surface area (Å²) in [5, 5.41) is 0. The van der Waals surface area contributed by atoms with E-state index >= 15 is 0 Å². The molecular formula is C52H50Cl2Zr. The van der Waals surface area contributed by atoms with Crippen LogP contribution in [0.3, 0.4) is 0 Å². The second-order valence-electron chi connectivity index (χ2n) is 16.2. The minimum atomic E-state index is -3.04. The van der Waals surface area contributed by atoms with Gasteiger partial charge in [0.1, 0.15) is 0 Å². The Morgan fingerprint density at radius 2 is 1.02 bits per heavy atom. The number of hydrogen-bond donors (Lipinski definition) is 0. The summed E-state index contributed by atoms with van der Waals surface area (Å²) in [6, 6.07) is 55.7. The predicted molar refractivity (Wildman–Crippen MR) is 224 cm³/mol. The van der Waals surface area contributed by atoms with Crippen molar-refractivity contribution >= 4 is 3.21 Å². The van der Waals surface area contributed by atoms with Crippen LogP contribution in [-0.4, -0.2) is 3.21 Å². The van der Waals surface area contributed by atoms with E-state index in [4.69, 9.17) is 0 Å². The molecule has 0 aliphatic heterocycles. The first-order chi connectivity index (χ1) is 25.7. The zero-order chi connectivity index (χ0) is 36.7. The molecule has 6 aromatic carbocycles. The zero-order valence-corrected chi connectivity index (χ0v) is 36.8. The minimum Gasteiger partial charge on any atom is -1.00 e. The average Bonchev–Trinajstić information content (AvgIpc) is 3.74. The molecule has 1 unspecified atom stereocenters. The molecule has 8 rings (SSSR count). The first-order valence-corrected chi connectivity index (χ1v) is 23.3. The van der Waals surface area contributed by atoms with Gasteiger partial charge in [0, 0.05) is 0 Å². The van der Waals surface area contributed by atoms with Gasteiger partial charge in [0.15, 0.2) is 0 Å². The van der Waals surface area contributed by atoms with E-state index in [1.165, 1.54) is 85.2 Å². The third kappa shape index (κ3) is 8.18. The van der Waals surface area contributed by atoms with E-state index in [2.05, 4.69) is 199 Å². The number of hydrogen-bond acceptors (Lipinski definition) is 0. The molecular weight excluding hydrogens is 787 g/mol. The van der Waals surface area contributed by atoms with Crippen LogP contribution in [0.5, 0.6) is 0 Å². The maximum Gasteiger partial charge on any atom is -1.00 e. The second-order valence-corrected chi connectivity index (χ2v) is 22.3. The van der Waals surface area contributed by atoms with Crippen molar-refractivity contribution in [2.45, 2.75) is 58.0 Å². The molecule has 1 atom stereocenters.